The molecular formula is C11H17NO3. The van der Waals surface area contributed by atoms with Crippen LogP contribution in [0.15, 0.2) is 0 Å². The molecule has 0 aromatic heterocycles. The third kappa shape index (κ3) is 1.52. The van der Waals surface area contributed by atoms with Crippen molar-refractivity contribution >= 4 is 11.9 Å². The number of rotatable bonds is 2. The Morgan fingerprint density at radius 2 is 1.93 bits per heavy atom. The molecule has 1 aliphatic heterocycles. The lowest BCUT2D eigenvalue weighted by Gasteiger charge is -2.43. The zero-order valence-electron chi connectivity index (χ0n) is 9.03. The Kier molecular flexibility index (Phi) is 2.44. The highest BCUT2D eigenvalue weighted by molar-refractivity contribution is 5.89. The van der Waals surface area contributed by atoms with Crippen LogP contribution in [-0.2, 0) is 9.59 Å². The smallest absolute Gasteiger partial charge is 0.310 e. The van der Waals surface area contributed by atoms with E-state index in [0.29, 0.717) is 6.42 Å². The Hall–Kier alpha value is -1.06. The Balaban J connectivity index is 2.05. The molecule has 1 N–H and O–H groups in total. The van der Waals surface area contributed by atoms with Gasteiger partial charge in [0.05, 0.1) is 11.3 Å². The van der Waals surface area contributed by atoms with Gasteiger partial charge in [0.1, 0.15) is 0 Å². The Bertz CT molecular complexity index is 296. The maximum absolute atomic E-state index is 12.0. The molecule has 4 heteroatoms. The molecule has 2 fully saturated rings. The van der Waals surface area contributed by atoms with Gasteiger partial charge in [0.25, 0.3) is 0 Å². The average molecular weight is 211 g/mol. The number of carbonyl (C=O) groups excluding carboxylic acids is 1. The minimum Gasteiger partial charge on any atom is -0.481 e. The molecule has 1 saturated carbocycles. The summed E-state index contributed by atoms with van der Waals surface area (Å²) in [4.78, 5) is 24.9. The molecule has 0 aromatic carbocycles. The van der Waals surface area contributed by atoms with Crippen LogP contribution in [0.2, 0.25) is 0 Å². The summed E-state index contributed by atoms with van der Waals surface area (Å²) >= 11 is 0. The molecule has 84 valence electrons. The van der Waals surface area contributed by atoms with Crippen LogP contribution in [0.5, 0.6) is 0 Å². The molecule has 0 aromatic rings. The van der Waals surface area contributed by atoms with E-state index in [1.54, 1.807) is 6.92 Å². The van der Waals surface area contributed by atoms with Gasteiger partial charge in [0.2, 0.25) is 5.91 Å². The molecule has 1 saturated heterocycles. The lowest BCUT2D eigenvalue weighted by molar-refractivity contribution is -0.167. The summed E-state index contributed by atoms with van der Waals surface area (Å²) in [5, 5.41) is 9.08. The van der Waals surface area contributed by atoms with E-state index in [1.807, 2.05) is 4.90 Å². The van der Waals surface area contributed by atoms with E-state index >= 15 is 0 Å². The molecule has 0 unspecified atom stereocenters. The highest BCUT2D eigenvalue weighted by Gasteiger charge is 2.53. The van der Waals surface area contributed by atoms with Crippen LogP contribution in [0.4, 0.5) is 0 Å². The summed E-state index contributed by atoms with van der Waals surface area (Å²) in [6.07, 6.45) is 3.48. The van der Waals surface area contributed by atoms with Crippen LogP contribution in [0.1, 0.15) is 32.6 Å². The number of carboxylic acid groups (broad SMARTS) is 1. The zero-order valence-corrected chi connectivity index (χ0v) is 9.03. The highest BCUT2D eigenvalue weighted by Crippen LogP contribution is 2.47. The molecule has 4 nitrogen and oxygen atoms in total. The standard InChI is InChI=1S/C11H17NO3/c1-11(10(14)15)5-4-8(11)9(13)12-6-2-3-7-12/h8H,2-7H2,1H3,(H,14,15)/t8-,11+/m0/s1. The van der Waals surface area contributed by atoms with Crippen molar-refractivity contribution in [2.45, 2.75) is 32.6 Å². The number of carbonyl (C=O) groups is 2. The van der Waals surface area contributed by atoms with Crippen molar-refractivity contribution in [2.75, 3.05) is 13.1 Å². The quantitative estimate of drug-likeness (QED) is 0.744. The average Bonchev–Trinajstić information content (AvgIpc) is 2.67. The fraction of sp³-hybridized carbons (Fsp3) is 0.818. The molecule has 0 radical (unpaired) electrons. The number of amides is 1. The molecule has 1 heterocycles. The fourth-order valence-corrected chi connectivity index (χ4v) is 2.53. The van der Waals surface area contributed by atoms with Crippen LogP contribution in [0.25, 0.3) is 0 Å². The molecule has 2 rings (SSSR count). The monoisotopic (exact) mass is 211 g/mol. The van der Waals surface area contributed by atoms with E-state index in [2.05, 4.69) is 0 Å². The first-order valence-corrected chi connectivity index (χ1v) is 5.58. The summed E-state index contributed by atoms with van der Waals surface area (Å²) in [6, 6.07) is 0. The van der Waals surface area contributed by atoms with Gasteiger partial charge in [0, 0.05) is 13.1 Å². The maximum Gasteiger partial charge on any atom is 0.310 e. The van der Waals surface area contributed by atoms with Crippen molar-refractivity contribution in [1.82, 2.24) is 4.90 Å². The van der Waals surface area contributed by atoms with E-state index in [1.165, 1.54) is 0 Å². The number of carboxylic acids is 1. The van der Waals surface area contributed by atoms with Crippen molar-refractivity contribution < 1.29 is 14.7 Å². The van der Waals surface area contributed by atoms with Gasteiger partial charge in [-0.15, -0.1) is 0 Å². The second-order valence-electron chi connectivity index (χ2n) is 4.85. The lowest BCUT2D eigenvalue weighted by Crippen LogP contribution is -2.52. The van der Waals surface area contributed by atoms with Crippen molar-refractivity contribution in [2.24, 2.45) is 11.3 Å². The third-order valence-electron chi connectivity index (χ3n) is 3.93. The van der Waals surface area contributed by atoms with Crippen molar-refractivity contribution in [3.05, 3.63) is 0 Å². The molecule has 0 spiro atoms. The Morgan fingerprint density at radius 3 is 2.33 bits per heavy atom. The summed E-state index contributed by atoms with van der Waals surface area (Å²) < 4.78 is 0. The first kappa shape index (κ1) is 10.5. The molecule has 15 heavy (non-hydrogen) atoms. The fourth-order valence-electron chi connectivity index (χ4n) is 2.53. The second-order valence-corrected chi connectivity index (χ2v) is 4.85. The minimum atomic E-state index is -0.828. The maximum atomic E-state index is 12.0. The van der Waals surface area contributed by atoms with Crippen LogP contribution in [0.3, 0.4) is 0 Å². The van der Waals surface area contributed by atoms with Crippen molar-refractivity contribution in [3.8, 4) is 0 Å². The van der Waals surface area contributed by atoms with Crippen LogP contribution >= 0.6 is 0 Å². The van der Waals surface area contributed by atoms with Crippen LogP contribution < -0.4 is 0 Å². The van der Waals surface area contributed by atoms with E-state index in [4.69, 9.17) is 5.11 Å². The number of aliphatic carboxylic acids is 1. The topological polar surface area (TPSA) is 57.6 Å². The van der Waals surface area contributed by atoms with Gasteiger partial charge in [-0.05, 0) is 32.6 Å². The number of hydrogen-bond donors (Lipinski definition) is 1. The first-order valence-electron chi connectivity index (χ1n) is 5.58. The van der Waals surface area contributed by atoms with Gasteiger partial charge >= 0.3 is 5.97 Å². The van der Waals surface area contributed by atoms with Crippen LogP contribution in [-0.4, -0.2) is 35.0 Å². The molecule has 2 aliphatic rings. The minimum absolute atomic E-state index is 0.0589. The third-order valence-corrected chi connectivity index (χ3v) is 3.93. The summed E-state index contributed by atoms with van der Waals surface area (Å²) in [5.74, 6) is -1.05. The van der Waals surface area contributed by atoms with Crippen molar-refractivity contribution in [3.63, 3.8) is 0 Å². The Labute approximate surface area is 89.3 Å². The largest absolute Gasteiger partial charge is 0.481 e. The number of hydrogen-bond acceptors (Lipinski definition) is 2. The van der Waals surface area contributed by atoms with E-state index < -0.39 is 11.4 Å². The van der Waals surface area contributed by atoms with Crippen LogP contribution in [0, 0.1) is 11.3 Å². The van der Waals surface area contributed by atoms with Gasteiger partial charge in [-0.2, -0.15) is 0 Å². The van der Waals surface area contributed by atoms with Gasteiger partial charge in [-0.3, -0.25) is 9.59 Å². The predicted molar refractivity (Wildman–Crippen MR) is 54.3 cm³/mol. The molecule has 0 bridgehead atoms. The second kappa shape index (κ2) is 3.51. The summed E-state index contributed by atoms with van der Waals surface area (Å²) in [7, 11) is 0. The Morgan fingerprint density at radius 1 is 1.33 bits per heavy atom. The van der Waals surface area contributed by atoms with E-state index in [9.17, 15) is 9.59 Å². The highest BCUT2D eigenvalue weighted by atomic mass is 16.4. The zero-order chi connectivity index (χ0) is 11.1. The van der Waals surface area contributed by atoms with Gasteiger partial charge in [0.15, 0.2) is 0 Å². The lowest BCUT2D eigenvalue weighted by atomic mass is 9.60. The SMILES string of the molecule is C[C@@]1(C(=O)O)CC[C@H]1C(=O)N1CCCC1. The molecule has 1 amide bonds. The summed E-state index contributed by atoms with van der Waals surface area (Å²) in [5.41, 5.74) is -0.806. The molecular weight excluding hydrogens is 194 g/mol. The predicted octanol–water partition coefficient (Wildman–Crippen LogP) is 1.11. The van der Waals surface area contributed by atoms with E-state index in [-0.39, 0.29) is 11.8 Å². The van der Waals surface area contributed by atoms with Crippen molar-refractivity contribution in [1.29, 1.82) is 0 Å². The molecule has 2 atom stereocenters. The van der Waals surface area contributed by atoms with Gasteiger partial charge < -0.3 is 10.0 Å². The first-order chi connectivity index (χ1) is 7.05. The van der Waals surface area contributed by atoms with Gasteiger partial charge in [-0.1, -0.05) is 0 Å². The summed E-state index contributed by atoms with van der Waals surface area (Å²) in [6.45, 7) is 3.31. The van der Waals surface area contributed by atoms with Gasteiger partial charge in [-0.25, -0.2) is 0 Å². The van der Waals surface area contributed by atoms with E-state index in [0.717, 1.165) is 32.4 Å². The molecule has 1 aliphatic carbocycles. The number of likely N-dealkylation sites (tertiary alicyclic amines) is 1. The number of nitrogens with zero attached hydrogens (tertiary/aromatic N) is 1. The normalized spacial score (nSPS) is 35.0.